The van der Waals surface area contributed by atoms with Gasteiger partial charge in [-0.15, -0.1) is 0 Å². The van der Waals surface area contributed by atoms with Crippen molar-refractivity contribution in [1.82, 2.24) is 4.98 Å². The van der Waals surface area contributed by atoms with E-state index in [9.17, 15) is 9.18 Å². The second-order valence-corrected chi connectivity index (χ2v) is 5.53. The number of aromatic nitrogens is 1. The average Bonchev–Trinajstić information content (AvgIpc) is 2.58. The molecule has 1 aromatic carbocycles. The molecule has 1 amide bonds. The van der Waals surface area contributed by atoms with Gasteiger partial charge in [0.25, 0.3) is 5.91 Å². The van der Waals surface area contributed by atoms with E-state index in [1.807, 2.05) is 6.07 Å². The molecule has 2 rings (SSSR count). The van der Waals surface area contributed by atoms with Crippen LogP contribution in [0.4, 0.5) is 15.9 Å². The van der Waals surface area contributed by atoms with Crippen molar-refractivity contribution in [2.45, 2.75) is 26.7 Å². The average molecular weight is 343 g/mol. The number of nitrogens with two attached hydrogens (primary N) is 1. The van der Waals surface area contributed by atoms with Gasteiger partial charge in [0, 0.05) is 17.3 Å². The number of nitrogens with zero attached hydrogens (tertiary/aromatic N) is 1. The number of pyridine rings is 1. The van der Waals surface area contributed by atoms with Gasteiger partial charge in [0.2, 0.25) is 5.95 Å². The number of halogens is 1. The van der Waals surface area contributed by atoms with Crippen LogP contribution in [0.3, 0.4) is 0 Å². The van der Waals surface area contributed by atoms with Gasteiger partial charge >= 0.3 is 0 Å². The first kappa shape index (κ1) is 18.4. The molecule has 5 nitrogen and oxygen atoms in total. The fourth-order valence-corrected chi connectivity index (χ4v) is 2.18. The van der Waals surface area contributed by atoms with Crippen molar-refractivity contribution in [3.05, 3.63) is 59.6 Å². The number of anilines is 2. The lowest BCUT2D eigenvalue weighted by Gasteiger charge is -2.10. The maximum Gasteiger partial charge on any atom is 0.259 e. The minimum absolute atomic E-state index is 0.134. The van der Waals surface area contributed by atoms with Crippen molar-refractivity contribution < 1.29 is 13.9 Å². The highest BCUT2D eigenvalue weighted by atomic mass is 19.1. The number of amides is 1. The molecule has 2 aromatic rings. The topological polar surface area (TPSA) is 77.2 Å². The third kappa shape index (κ3) is 5.31. The highest BCUT2D eigenvalue weighted by Crippen LogP contribution is 2.20. The maximum absolute atomic E-state index is 13.4. The summed E-state index contributed by atoms with van der Waals surface area (Å²) in [6.07, 6.45) is 5.98. The Kier molecular flexibility index (Phi) is 6.51. The van der Waals surface area contributed by atoms with Crippen molar-refractivity contribution in [3.63, 3.8) is 0 Å². The molecule has 0 radical (unpaired) electrons. The molecule has 0 saturated carbocycles. The number of hydrogen-bond acceptors (Lipinski definition) is 4. The van der Waals surface area contributed by atoms with Gasteiger partial charge in [-0.25, -0.2) is 4.98 Å². The Morgan fingerprint density at radius 3 is 2.92 bits per heavy atom. The minimum Gasteiger partial charge on any atom is -0.493 e. The van der Waals surface area contributed by atoms with Crippen LogP contribution in [-0.2, 0) is 0 Å². The lowest BCUT2D eigenvalue weighted by atomic mass is 10.1. The molecule has 1 heterocycles. The van der Waals surface area contributed by atoms with Crippen LogP contribution >= 0.6 is 0 Å². The normalized spacial score (nSPS) is 10.8. The van der Waals surface area contributed by atoms with Crippen LogP contribution in [-0.4, -0.2) is 17.5 Å². The largest absolute Gasteiger partial charge is 0.493 e. The summed E-state index contributed by atoms with van der Waals surface area (Å²) < 4.78 is 19.0. The van der Waals surface area contributed by atoms with Gasteiger partial charge in [-0.05, 0) is 38.0 Å². The number of hydrogen-bond donors (Lipinski definition) is 2. The Bertz CT molecular complexity index is 775. The van der Waals surface area contributed by atoms with Crippen LogP contribution in [0.25, 0.3) is 0 Å². The Labute approximate surface area is 146 Å². The van der Waals surface area contributed by atoms with Gasteiger partial charge in [-0.2, -0.15) is 4.39 Å². The molecule has 1 aromatic heterocycles. The Morgan fingerprint density at radius 1 is 1.36 bits per heavy atom. The number of carbonyl (C=O) groups is 1. The van der Waals surface area contributed by atoms with E-state index in [1.54, 1.807) is 18.2 Å². The van der Waals surface area contributed by atoms with Gasteiger partial charge in [0.1, 0.15) is 11.6 Å². The first-order chi connectivity index (χ1) is 12.0. The van der Waals surface area contributed by atoms with E-state index in [4.69, 9.17) is 10.5 Å². The summed E-state index contributed by atoms with van der Waals surface area (Å²) >= 11 is 0. The quantitative estimate of drug-likeness (QED) is 0.451. The molecule has 0 bridgehead atoms. The molecular formula is C19H22FN3O2. The third-order valence-electron chi connectivity index (χ3n) is 3.47. The molecule has 132 valence electrons. The van der Waals surface area contributed by atoms with Crippen molar-refractivity contribution >= 4 is 17.4 Å². The summed E-state index contributed by atoms with van der Waals surface area (Å²) in [5, 5.41) is 2.72. The number of aryl methyl sites for hydroxylation is 1. The fourth-order valence-electron chi connectivity index (χ4n) is 2.18. The number of rotatable bonds is 7. The van der Waals surface area contributed by atoms with E-state index in [2.05, 4.69) is 29.4 Å². The zero-order chi connectivity index (χ0) is 18.2. The molecule has 0 spiro atoms. The van der Waals surface area contributed by atoms with E-state index in [-0.39, 0.29) is 16.9 Å². The zero-order valence-electron chi connectivity index (χ0n) is 14.4. The van der Waals surface area contributed by atoms with Gasteiger partial charge in [-0.1, -0.05) is 25.1 Å². The molecule has 3 N–H and O–H groups in total. The van der Waals surface area contributed by atoms with Gasteiger partial charge in [-0.3, -0.25) is 4.79 Å². The summed E-state index contributed by atoms with van der Waals surface area (Å²) in [5.41, 5.74) is 6.60. The summed E-state index contributed by atoms with van der Waals surface area (Å²) in [5.74, 6) is -0.613. The van der Waals surface area contributed by atoms with Crippen LogP contribution in [0, 0.1) is 12.9 Å². The molecule has 25 heavy (non-hydrogen) atoms. The number of allylic oxidation sites excluding steroid dienone is 1. The highest BCUT2D eigenvalue weighted by molar-refractivity contribution is 6.07. The SMILES string of the molecule is CCC=CCCOc1cccc(NC(=O)c2cc(C)c(F)nc2N)c1. The van der Waals surface area contributed by atoms with Crippen LogP contribution in [0.5, 0.6) is 5.75 Å². The lowest BCUT2D eigenvalue weighted by Crippen LogP contribution is -2.16. The zero-order valence-corrected chi connectivity index (χ0v) is 14.4. The van der Waals surface area contributed by atoms with Crippen LogP contribution < -0.4 is 15.8 Å². The van der Waals surface area contributed by atoms with Crippen molar-refractivity contribution in [2.24, 2.45) is 0 Å². The monoisotopic (exact) mass is 343 g/mol. The summed E-state index contributed by atoms with van der Waals surface area (Å²) in [6.45, 7) is 4.16. The molecule has 0 aliphatic heterocycles. The molecule has 0 saturated heterocycles. The molecule has 0 atom stereocenters. The Hall–Kier alpha value is -2.89. The summed E-state index contributed by atoms with van der Waals surface area (Å²) in [4.78, 5) is 15.9. The number of ether oxygens (including phenoxy) is 1. The molecule has 0 aliphatic carbocycles. The van der Waals surface area contributed by atoms with Crippen LogP contribution in [0.1, 0.15) is 35.7 Å². The number of nitrogens with one attached hydrogen (secondary N) is 1. The van der Waals surface area contributed by atoms with Crippen molar-refractivity contribution in [2.75, 3.05) is 17.7 Å². The van der Waals surface area contributed by atoms with Gasteiger partial charge in [0.05, 0.1) is 12.2 Å². The number of nitrogen functional groups attached to an aromatic ring is 1. The predicted octanol–water partition coefficient (Wildman–Crippen LogP) is 4.10. The standard InChI is InChI=1S/C19H22FN3O2/c1-3-4-5-6-10-25-15-9-7-8-14(12-15)22-19(24)16-11-13(2)17(20)23-18(16)21/h4-5,7-9,11-12H,3,6,10H2,1-2H3,(H2,21,23)(H,22,24). The van der Waals surface area contributed by atoms with Gasteiger partial charge in [0.15, 0.2) is 0 Å². The Morgan fingerprint density at radius 2 is 2.16 bits per heavy atom. The third-order valence-corrected chi connectivity index (χ3v) is 3.47. The predicted molar refractivity (Wildman–Crippen MR) is 97.3 cm³/mol. The van der Waals surface area contributed by atoms with Crippen LogP contribution in [0.2, 0.25) is 0 Å². The van der Waals surface area contributed by atoms with Gasteiger partial charge < -0.3 is 15.8 Å². The molecule has 0 unspecified atom stereocenters. The molecular weight excluding hydrogens is 321 g/mol. The molecule has 0 aliphatic rings. The van der Waals surface area contributed by atoms with E-state index in [0.717, 1.165) is 12.8 Å². The Balaban J connectivity index is 2.03. The smallest absolute Gasteiger partial charge is 0.259 e. The van der Waals surface area contributed by atoms with E-state index >= 15 is 0 Å². The van der Waals surface area contributed by atoms with E-state index in [0.29, 0.717) is 18.0 Å². The van der Waals surface area contributed by atoms with Crippen molar-refractivity contribution in [3.8, 4) is 5.75 Å². The highest BCUT2D eigenvalue weighted by Gasteiger charge is 2.14. The van der Waals surface area contributed by atoms with E-state index in [1.165, 1.54) is 13.0 Å². The maximum atomic E-state index is 13.4. The first-order valence-electron chi connectivity index (χ1n) is 8.13. The second-order valence-electron chi connectivity index (χ2n) is 5.53. The van der Waals surface area contributed by atoms with Crippen molar-refractivity contribution in [1.29, 1.82) is 0 Å². The summed E-state index contributed by atoms with van der Waals surface area (Å²) in [7, 11) is 0. The molecule has 0 fully saturated rings. The minimum atomic E-state index is -0.679. The van der Waals surface area contributed by atoms with Crippen LogP contribution in [0.15, 0.2) is 42.5 Å². The first-order valence-corrected chi connectivity index (χ1v) is 8.13. The number of benzene rings is 1. The lowest BCUT2D eigenvalue weighted by molar-refractivity contribution is 0.102. The second kappa shape index (κ2) is 8.82. The number of carbonyl (C=O) groups excluding carboxylic acids is 1. The summed E-state index contributed by atoms with van der Waals surface area (Å²) in [6, 6.07) is 8.44. The fraction of sp³-hybridized carbons (Fsp3) is 0.263. The van der Waals surface area contributed by atoms with E-state index < -0.39 is 11.9 Å². The molecule has 6 heteroatoms.